The number of benzene rings is 1. The van der Waals surface area contributed by atoms with E-state index in [4.69, 9.17) is 9.47 Å². The summed E-state index contributed by atoms with van der Waals surface area (Å²) in [4.78, 5) is 0. The Balaban J connectivity index is 1.81. The highest BCUT2D eigenvalue weighted by Crippen LogP contribution is 2.33. The molecule has 0 radical (unpaired) electrons. The van der Waals surface area contributed by atoms with Crippen molar-refractivity contribution in [1.29, 1.82) is 0 Å². The van der Waals surface area contributed by atoms with Crippen LogP contribution in [-0.2, 0) is 0 Å². The molecule has 4 heteroatoms. The molecule has 2 rings (SSSR count). The number of hydrogen-bond acceptors (Lipinski definition) is 4. The summed E-state index contributed by atoms with van der Waals surface area (Å²) in [6.45, 7) is 10.9. The van der Waals surface area contributed by atoms with Crippen molar-refractivity contribution >= 4 is 0 Å². The zero-order valence-electron chi connectivity index (χ0n) is 12.2. The molecule has 0 saturated carbocycles. The molecule has 1 atom stereocenters. The lowest BCUT2D eigenvalue weighted by atomic mass is 10.1. The quantitative estimate of drug-likeness (QED) is 0.802. The zero-order chi connectivity index (χ0) is 13.9. The Morgan fingerprint density at radius 1 is 1.16 bits per heavy atom. The first kappa shape index (κ1) is 14.2. The first-order valence-corrected chi connectivity index (χ1v) is 6.84. The molecule has 19 heavy (non-hydrogen) atoms. The van der Waals surface area contributed by atoms with Crippen molar-refractivity contribution < 1.29 is 9.47 Å². The van der Waals surface area contributed by atoms with Crippen molar-refractivity contribution in [2.75, 3.05) is 19.9 Å². The lowest BCUT2D eigenvalue weighted by Gasteiger charge is -2.22. The maximum Gasteiger partial charge on any atom is 0.231 e. The van der Waals surface area contributed by atoms with E-state index in [0.717, 1.165) is 24.6 Å². The Labute approximate surface area is 115 Å². The number of nitrogens with one attached hydrogen (secondary N) is 2. The molecule has 1 aromatic rings. The third kappa shape index (κ3) is 4.11. The molecule has 0 aromatic heterocycles. The predicted octanol–water partition coefficient (Wildman–Crippen LogP) is 2.45. The van der Waals surface area contributed by atoms with Crippen molar-refractivity contribution in [2.24, 2.45) is 0 Å². The molecule has 1 aliphatic rings. The Morgan fingerprint density at radius 2 is 1.89 bits per heavy atom. The van der Waals surface area contributed by atoms with E-state index in [2.05, 4.69) is 50.5 Å². The highest BCUT2D eigenvalue weighted by atomic mass is 16.7. The van der Waals surface area contributed by atoms with Gasteiger partial charge in [-0.3, -0.25) is 0 Å². The van der Waals surface area contributed by atoms with Crippen molar-refractivity contribution in [1.82, 2.24) is 10.6 Å². The summed E-state index contributed by atoms with van der Waals surface area (Å²) in [7, 11) is 0. The van der Waals surface area contributed by atoms with E-state index in [0.29, 0.717) is 12.8 Å². The van der Waals surface area contributed by atoms with Gasteiger partial charge in [0.2, 0.25) is 6.79 Å². The molecule has 2 N–H and O–H groups in total. The van der Waals surface area contributed by atoms with Gasteiger partial charge in [0.05, 0.1) is 0 Å². The summed E-state index contributed by atoms with van der Waals surface area (Å²) in [6.07, 6.45) is 0. The van der Waals surface area contributed by atoms with Gasteiger partial charge in [0, 0.05) is 24.7 Å². The number of fused-ring (bicyclic) bond motifs is 1. The normalized spacial score (nSPS) is 15.6. The van der Waals surface area contributed by atoms with Gasteiger partial charge in [-0.1, -0.05) is 6.07 Å². The second-order valence-corrected chi connectivity index (χ2v) is 5.97. The van der Waals surface area contributed by atoms with Crippen molar-refractivity contribution in [3.8, 4) is 11.5 Å². The monoisotopic (exact) mass is 264 g/mol. The van der Waals surface area contributed by atoms with Crippen LogP contribution in [0.2, 0.25) is 0 Å². The summed E-state index contributed by atoms with van der Waals surface area (Å²) in [5.74, 6) is 1.68. The third-order valence-corrected chi connectivity index (χ3v) is 3.13. The number of rotatable bonds is 5. The average Bonchev–Trinajstić information content (AvgIpc) is 2.80. The molecule has 1 aromatic carbocycles. The second-order valence-electron chi connectivity index (χ2n) is 5.97. The van der Waals surface area contributed by atoms with Gasteiger partial charge >= 0.3 is 0 Å². The van der Waals surface area contributed by atoms with Crippen LogP contribution in [0, 0.1) is 0 Å². The average molecular weight is 264 g/mol. The van der Waals surface area contributed by atoms with Crippen molar-refractivity contribution in [2.45, 2.75) is 39.3 Å². The SMILES string of the molecule is CC(NCCNC(C)(C)C)c1ccc2c(c1)OCO2. The van der Waals surface area contributed by atoms with Crippen LogP contribution in [0.5, 0.6) is 11.5 Å². The van der Waals surface area contributed by atoms with Crippen LogP contribution in [0.25, 0.3) is 0 Å². The Kier molecular flexibility index (Phi) is 4.32. The maximum atomic E-state index is 5.40. The minimum Gasteiger partial charge on any atom is -0.454 e. The van der Waals surface area contributed by atoms with Gasteiger partial charge in [-0.15, -0.1) is 0 Å². The smallest absolute Gasteiger partial charge is 0.231 e. The molecule has 1 aliphatic heterocycles. The van der Waals surface area contributed by atoms with Crippen LogP contribution >= 0.6 is 0 Å². The molecule has 1 heterocycles. The van der Waals surface area contributed by atoms with Gasteiger partial charge in [0.25, 0.3) is 0 Å². The molecule has 4 nitrogen and oxygen atoms in total. The topological polar surface area (TPSA) is 42.5 Å². The summed E-state index contributed by atoms with van der Waals surface area (Å²) < 4.78 is 10.7. The van der Waals surface area contributed by atoms with E-state index < -0.39 is 0 Å². The van der Waals surface area contributed by atoms with E-state index in [-0.39, 0.29) is 5.54 Å². The van der Waals surface area contributed by atoms with Gasteiger partial charge in [-0.05, 0) is 45.4 Å². The zero-order valence-corrected chi connectivity index (χ0v) is 12.2. The van der Waals surface area contributed by atoms with Crippen LogP contribution in [-0.4, -0.2) is 25.4 Å². The molecule has 0 fully saturated rings. The van der Waals surface area contributed by atoms with Gasteiger partial charge in [0.1, 0.15) is 0 Å². The van der Waals surface area contributed by atoms with Crippen LogP contribution < -0.4 is 20.1 Å². The molecule has 0 spiro atoms. The molecule has 0 amide bonds. The standard InChI is InChI=1S/C15H24N2O2/c1-11(16-7-8-17-15(2,3)4)12-5-6-13-14(9-12)19-10-18-13/h5-6,9,11,16-17H,7-8,10H2,1-4H3. The van der Waals surface area contributed by atoms with Gasteiger partial charge in [-0.2, -0.15) is 0 Å². The highest BCUT2D eigenvalue weighted by molar-refractivity contribution is 5.45. The maximum absolute atomic E-state index is 5.40. The number of hydrogen-bond donors (Lipinski definition) is 2. The Morgan fingerprint density at radius 3 is 2.63 bits per heavy atom. The second kappa shape index (κ2) is 5.80. The van der Waals surface area contributed by atoms with Gasteiger partial charge < -0.3 is 20.1 Å². The molecule has 1 unspecified atom stereocenters. The van der Waals surface area contributed by atoms with Gasteiger partial charge in [0.15, 0.2) is 11.5 Å². The fraction of sp³-hybridized carbons (Fsp3) is 0.600. The predicted molar refractivity (Wildman–Crippen MR) is 76.7 cm³/mol. The summed E-state index contributed by atoms with van der Waals surface area (Å²) in [5.41, 5.74) is 1.39. The van der Waals surface area contributed by atoms with Crippen LogP contribution in [0.3, 0.4) is 0 Å². The Bertz CT molecular complexity index is 427. The largest absolute Gasteiger partial charge is 0.454 e. The number of ether oxygens (including phenoxy) is 2. The van der Waals surface area contributed by atoms with E-state index in [9.17, 15) is 0 Å². The summed E-state index contributed by atoms with van der Waals surface area (Å²) >= 11 is 0. The lowest BCUT2D eigenvalue weighted by Crippen LogP contribution is -2.40. The molecule has 106 valence electrons. The lowest BCUT2D eigenvalue weighted by molar-refractivity contribution is 0.174. The fourth-order valence-electron chi connectivity index (χ4n) is 2.03. The van der Waals surface area contributed by atoms with E-state index in [1.807, 2.05) is 6.07 Å². The molecular formula is C15H24N2O2. The van der Waals surface area contributed by atoms with Crippen molar-refractivity contribution in [3.05, 3.63) is 23.8 Å². The van der Waals surface area contributed by atoms with Crippen molar-refractivity contribution in [3.63, 3.8) is 0 Å². The van der Waals surface area contributed by atoms with E-state index in [1.165, 1.54) is 5.56 Å². The highest BCUT2D eigenvalue weighted by Gasteiger charge is 2.15. The van der Waals surface area contributed by atoms with Crippen LogP contribution in [0.4, 0.5) is 0 Å². The fourth-order valence-corrected chi connectivity index (χ4v) is 2.03. The summed E-state index contributed by atoms with van der Waals surface area (Å²) in [6, 6.07) is 6.42. The third-order valence-electron chi connectivity index (χ3n) is 3.13. The minimum absolute atomic E-state index is 0.170. The first-order chi connectivity index (χ1) is 8.96. The van der Waals surface area contributed by atoms with Gasteiger partial charge in [-0.25, -0.2) is 0 Å². The minimum atomic E-state index is 0.170. The molecule has 0 aliphatic carbocycles. The molecular weight excluding hydrogens is 240 g/mol. The van der Waals surface area contributed by atoms with Crippen LogP contribution in [0.1, 0.15) is 39.3 Å². The van der Waals surface area contributed by atoms with Crippen LogP contribution in [0.15, 0.2) is 18.2 Å². The summed E-state index contributed by atoms with van der Waals surface area (Å²) in [5, 5.41) is 6.97. The Hall–Kier alpha value is -1.26. The van der Waals surface area contributed by atoms with E-state index >= 15 is 0 Å². The molecule has 0 saturated heterocycles. The molecule has 0 bridgehead atoms. The first-order valence-electron chi connectivity index (χ1n) is 6.84. The van der Waals surface area contributed by atoms with E-state index in [1.54, 1.807) is 0 Å².